The van der Waals surface area contributed by atoms with E-state index < -0.39 is 0 Å². The van der Waals surface area contributed by atoms with Gasteiger partial charge >= 0.3 is 0 Å². The van der Waals surface area contributed by atoms with Crippen LogP contribution < -0.4 is 5.32 Å². The second kappa shape index (κ2) is 20.9. The standard InChI is InChI=1S/C13H24N2O.C12H23NO.C6H5Cl.C5H9NO2/c1-13(2,3)15-9-6-11(10-15)12(16)14-7-4-5-8-14;1-4-10(3)12(14)13-11-7-5-9(2)6-8-11;7-6-4-2-1-3-5-6;7-5-6-1-3-8-4-2-6/h11H,4-10H2,1-3H3;9-11H,4-8H2,1-3H3,(H,13,14);1-5H;5H,1-4H2. The van der Waals surface area contributed by atoms with Crippen molar-refractivity contribution in [1.29, 1.82) is 0 Å². The number of likely N-dealkylation sites (tertiary alicyclic amines) is 2. The first kappa shape index (κ1) is 39.0. The van der Waals surface area contributed by atoms with Crippen LogP contribution in [0, 0.1) is 17.8 Å². The molecule has 3 amide bonds. The van der Waals surface area contributed by atoms with Crippen molar-refractivity contribution in [3.63, 3.8) is 0 Å². The maximum atomic E-state index is 12.2. The number of carbonyl (C=O) groups is 3. The molecular formula is C36H61ClN4O4. The number of hydrogen-bond acceptors (Lipinski definition) is 5. The van der Waals surface area contributed by atoms with Gasteiger partial charge in [-0.1, -0.05) is 50.6 Å². The normalized spacial score (nSPS) is 24.1. The van der Waals surface area contributed by atoms with E-state index in [4.69, 9.17) is 16.3 Å². The van der Waals surface area contributed by atoms with Gasteiger partial charge < -0.3 is 19.9 Å². The number of carbonyl (C=O) groups excluding carboxylic acids is 3. The van der Waals surface area contributed by atoms with Gasteiger partial charge in [0, 0.05) is 55.2 Å². The molecule has 1 aromatic rings. The molecule has 1 saturated carbocycles. The Morgan fingerprint density at radius 1 is 0.978 bits per heavy atom. The predicted octanol–water partition coefficient (Wildman–Crippen LogP) is 6.27. The molecule has 256 valence electrons. The van der Waals surface area contributed by atoms with Crippen molar-refractivity contribution in [2.75, 3.05) is 52.5 Å². The highest BCUT2D eigenvalue weighted by atomic mass is 35.5. The molecule has 45 heavy (non-hydrogen) atoms. The van der Waals surface area contributed by atoms with Gasteiger partial charge in [-0.3, -0.25) is 19.3 Å². The van der Waals surface area contributed by atoms with Crippen LogP contribution in [-0.2, 0) is 19.1 Å². The van der Waals surface area contributed by atoms with Gasteiger partial charge in [0.1, 0.15) is 0 Å². The fourth-order valence-corrected chi connectivity index (χ4v) is 5.94. The Kier molecular flexibility index (Phi) is 18.1. The quantitative estimate of drug-likeness (QED) is 0.381. The van der Waals surface area contributed by atoms with Crippen molar-refractivity contribution in [3.05, 3.63) is 35.4 Å². The molecule has 3 heterocycles. The topological polar surface area (TPSA) is 82.2 Å². The van der Waals surface area contributed by atoms with Crippen molar-refractivity contribution in [1.82, 2.24) is 20.0 Å². The van der Waals surface area contributed by atoms with Crippen molar-refractivity contribution < 1.29 is 19.1 Å². The van der Waals surface area contributed by atoms with E-state index in [1.165, 1.54) is 38.5 Å². The molecule has 2 atom stereocenters. The maximum absolute atomic E-state index is 12.2. The van der Waals surface area contributed by atoms with Crippen LogP contribution >= 0.6 is 11.6 Å². The number of rotatable bonds is 5. The summed E-state index contributed by atoms with van der Waals surface area (Å²) in [6.45, 7) is 20.0. The van der Waals surface area contributed by atoms with Crippen LogP contribution in [0.3, 0.4) is 0 Å². The van der Waals surface area contributed by atoms with Crippen molar-refractivity contribution >= 4 is 29.8 Å². The minimum absolute atomic E-state index is 0.175. The second-order valence-electron chi connectivity index (χ2n) is 14.0. The minimum atomic E-state index is 0.175. The average molecular weight is 649 g/mol. The van der Waals surface area contributed by atoms with Gasteiger partial charge in [0.2, 0.25) is 18.2 Å². The average Bonchev–Trinajstić information content (AvgIpc) is 3.77. The highest BCUT2D eigenvalue weighted by molar-refractivity contribution is 6.30. The lowest BCUT2D eigenvalue weighted by Gasteiger charge is -2.31. The molecule has 2 unspecified atom stereocenters. The van der Waals surface area contributed by atoms with E-state index >= 15 is 0 Å². The Bertz CT molecular complexity index is 969. The third-order valence-corrected chi connectivity index (χ3v) is 9.51. The van der Waals surface area contributed by atoms with Crippen LogP contribution in [0.15, 0.2) is 30.3 Å². The molecule has 0 aromatic heterocycles. The smallest absolute Gasteiger partial charge is 0.227 e. The fourth-order valence-electron chi connectivity index (χ4n) is 5.80. The Hall–Kier alpha value is -2.16. The zero-order chi connectivity index (χ0) is 33.2. The van der Waals surface area contributed by atoms with E-state index in [9.17, 15) is 14.4 Å². The van der Waals surface area contributed by atoms with E-state index in [0.29, 0.717) is 25.2 Å². The number of ether oxygens (including phenoxy) is 1. The summed E-state index contributed by atoms with van der Waals surface area (Å²) in [7, 11) is 0. The first-order valence-electron chi connectivity index (χ1n) is 17.3. The van der Waals surface area contributed by atoms with Crippen LogP contribution in [0.4, 0.5) is 0 Å². The van der Waals surface area contributed by atoms with Crippen LogP contribution in [0.1, 0.15) is 92.9 Å². The maximum Gasteiger partial charge on any atom is 0.227 e. The number of nitrogens with zero attached hydrogens (tertiary/aromatic N) is 3. The van der Waals surface area contributed by atoms with E-state index in [2.05, 4.69) is 49.7 Å². The van der Waals surface area contributed by atoms with E-state index in [-0.39, 0.29) is 23.3 Å². The summed E-state index contributed by atoms with van der Waals surface area (Å²) in [5.74, 6) is 1.94. The second-order valence-corrected chi connectivity index (χ2v) is 14.4. The van der Waals surface area contributed by atoms with E-state index in [1.807, 2.05) is 37.3 Å². The Balaban J connectivity index is 0.000000221. The van der Waals surface area contributed by atoms with Gasteiger partial charge in [-0.25, -0.2) is 0 Å². The molecule has 0 bridgehead atoms. The number of halogens is 1. The third-order valence-electron chi connectivity index (χ3n) is 9.25. The Labute approximate surface area is 278 Å². The fraction of sp³-hybridized carbons (Fsp3) is 0.750. The first-order chi connectivity index (χ1) is 21.4. The molecule has 1 aliphatic carbocycles. The van der Waals surface area contributed by atoms with E-state index in [0.717, 1.165) is 69.5 Å². The molecule has 1 N–H and O–H groups in total. The molecule has 3 saturated heterocycles. The summed E-state index contributed by atoms with van der Waals surface area (Å²) in [6, 6.07) is 9.90. The highest BCUT2D eigenvalue weighted by Gasteiger charge is 2.36. The number of hydrogen-bond donors (Lipinski definition) is 1. The molecule has 1 aromatic carbocycles. The number of morpholine rings is 1. The molecule has 9 heteroatoms. The lowest BCUT2D eigenvalue weighted by atomic mass is 9.87. The monoisotopic (exact) mass is 648 g/mol. The van der Waals surface area contributed by atoms with Crippen LogP contribution in [0.5, 0.6) is 0 Å². The molecule has 3 aliphatic heterocycles. The van der Waals surface area contributed by atoms with Gasteiger partial charge in [0.05, 0.1) is 19.1 Å². The summed E-state index contributed by atoms with van der Waals surface area (Å²) in [5.41, 5.74) is 0.208. The number of amides is 3. The SMILES string of the molecule is CC(C)(C)N1CCC(C(=O)N2CCCC2)C1.CCC(C)C(=O)NC1CCC(C)CC1.Clc1ccccc1.O=CN1CCOCC1. The Morgan fingerprint density at radius 2 is 1.58 bits per heavy atom. The molecule has 8 nitrogen and oxygen atoms in total. The summed E-state index contributed by atoms with van der Waals surface area (Å²) in [6.07, 6.45) is 10.1. The molecule has 0 spiro atoms. The third kappa shape index (κ3) is 15.3. The zero-order valence-corrected chi connectivity index (χ0v) is 29.7. The zero-order valence-electron chi connectivity index (χ0n) is 28.9. The van der Waals surface area contributed by atoms with Gasteiger partial charge in [0.25, 0.3) is 0 Å². The number of nitrogens with one attached hydrogen (secondary N) is 1. The molecule has 5 rings (SSSR count). The lowest BCUT2D eigenvalue weighted by Crippen LogP contribution is -2.41. The van der Waals surface area contributed by atoms with Gasteiger partial charge in [-0.2, -0.15) is 0 Å². The largest absolute Gasteiger partial charge is 0.378 e. The summed E-state index contributed by atoms with van der Waals surface area (Å²) < 4.78 is 5.00. The minimum Gasteiger partial charge on any atom is -0.378 e. The van der Waals surface area contributed by atoms with Gasteiger partial charge in [-0.15, -0.1) is 0 Å². The number of benzene rings is 1. The summed E-state index contributed by atoms with van der Waals surface area (Å²) in [4.78, 5) is 40.1. The molecule has 4 fully saturated rings. The predicted molar refractivity (Wildman–Crippen MR) is 184 cm³/mol. The van der Waals surface area contributed by atoms with Gasteiger partial charge in [-0.05, 0) is 96.7 Å². The van der Waals surface area contributed by atoms with Crippen molar-refractivity contribution in [2.45, 2.75) is 104 Å². The lowest BCUT2D eigenvalue weighted by molar-refractivity contribution is -0.134. The first-order valence-corrected chi connectivity index (χ1v) is 17.6. The molecular weight excluding hydrogens is 588 g/mol. The molecule has 4 aliphatic rings. The molecule has 0 radical (unpaired) electrons. The van der Waals surface area contributed by atoms with Crippen molar-refractivity contribution in [3.8, 4) is 0 Å². The van der Waals surface area contributed by atoms with E-state index in [1.54, 1.807) is 4.90 Å². The summed E-state index contributed by atoms with van der Waals surface area (Å²) in [5, 5.41) is 3.95. The van der Waals surface area contributed by atoms with Crippen LogP contribution in [0.25, 0.3) is 0 Å². The summed E-state index contributed by atoms with van der Waals surface area (Å²) >= 11 is 5.54. The Morgan fingerprint density at radius 3 is 2.02 bits per heavy atom. The highest BCUT2D eigenvalue weighted by Crippen LogP contribution is 2.27. The van der Waals surface area contributed by atoms with Crippen molar-refractivity contribution in [2.24, 2.45) is 17.8 Å². The van der Waals surface area contributed by atoms with Crippen LogP contribution in [-0.4, -0.2) is 97.0 Å². The van der Waals surface area contributed by atoms with Crippen LogP contribution in [0.2, 0.25) is 5.02 Å². The van der Waals surface area contributed by atoms with Gasteiger partial charge in [0.15, 0.2) is 0 Å².